The number of hydrogen-bond donors (Lipinski definition) is 2. The van der Waals surface area contributed by atoms with Crippen LogP contribution >= 0.6 is 0 Å². The van der Waals surface area contributed by atoms with E-state index in [2.05, 4.69) is 0 Å². The standard InChI is InChI=1S/C10H14O3/c11-9(10(12)8-1-2-8)5-7-3-4-13-6-7/h3-4,6,8-12H,1-2,5H2. The fourth-order valence-corrected chi connectivity index (χ4v) is 1.52. The van der Waals surface area contributed by atoms with Gasteiger partial charge in [-0.25, -0.2) is 0 Å². The van der Waals surface area contributed by atoms with Crippen LogP contribution in [0, 0.1) is 5.92 Å². The Morgan fingerprint density at radius 1 is 1.46 bits per heavy atom. The average molecular weight is 182 g/mol. The van der Waals surface area contributed by atoms with Crippen molar-refractivity contribution in [3.63, 3.8) is 0 Å². The van der Waals surface area contributed by atoms with Crippen molar-refractivity contribution in [3.8, 4) is 0 Å². The van der Waals surface area contributed by atoms with Gasteiger partial charge in [0.25, 0.3) is 0 Å². The molecule has 0 aromatic carbocycles. The molecule has 2 N–H and O–H groups in total. The summed E-state index contributed by atoms with van der Waals surface area (Å²) in [5, 5.41) is 19.2. The van der Waals surface area contributed by atoms with E-state index in [0.717, 1.165) is 18.4 Å². The van der Waals surface area contributed by atoms with Gasteiger partial charge in [0, 0.05) is 6.42 Å². The summed E-state index contributed by atoms with van der Waals surface area (Å²) in [6.45, 7) is 0. The van der Waals surface area contributed by atoms with Crippen LogP contribution in [0.15, 0.2) is 23.0 Å². The van der Waals surface area contributed by atoms with E-state index in [0.29, 0.717) is 12.3 Å². The van der Waals surface area contributed by atoms with Gasteiger partial charge in [-0.05, 0) is 30.4 Å². The maximum atomic E-state index is 9.61. The molecule has 3 nitrogen and oxygen atoms in total. The minimum Gasteiger partial charge on any atom is -0.472 e. The van der Waals surface area contributed by atoms with Gasteiger partial charge in [-0.2, -0.15) is 0 Å². The molecule has 3 heteroatoms. The molecule has 0 radical (unpaired) electrons. The summed E-state index contributed by atoms with van der Waals surface area (Å²) >= 11 is 0. The minimum absolute atomic E-state index is 0.321. The van der Waals surface area contributed by atoms with E-state index in [1.165, 1.54) is 0 Å². The topological polar surface area (TPSA) is 53.6 Å². The Kier molecular flexibility index (Phi) is 2.38. The van der Waals surface area contributed by atoms with Crippen LogP contribution < -0.4 is 0 Å². The highest BCUT2D eigenvalue weighted by Gasteiger charge is 2.34. The van der Waals surface area contributed by atoms with Crippen molar-refractivity contribution in [2.75, 3.05) is 0 Å². The first-order valence-electron chi connectivity index (χ1n) is 4.64. The molecular formula is C10H14O3. The van der Waals surface area contributed by atoms with Crippen molar-refractivity contribution in [1.29, 1.82) is 0 Å². The van der Waals surface area contributed by atoms with Crippen LogP contribution in [-0.4, -0.2) is 22.4 Å². The third kappa shape index (κ3) is 2.11. The molecule has 1 saturated carbocycles. The van der Waals surface area contributed by atoms with Crippen molar-refractivity contribution < 1.29 is 14.6 Å². The van der Waals surface area contributed by atoms with Gasteiger partial charge < -0.3 is 14.6 Å². The molecule has 2 atom stereocenters. The second-order valence-electron chi connectivity index (χ2n) is 3.73. The van der Waals surface area contributed by atoms with Crippen LogP contribution in [-0.2, 0) is 6.42 Å². The summed E-state index contributed by atoms with van der Waals surface area (Å²) in [5.41, 5.74) is 0.937. The molecule has 13 heavy (non-hydrogen) atoms. The van der Waals surface area contributed by atoms with Crippen molar-refractivity contribution in [3.05, 3.63) is 24.2 Å². The minimum atomic E-state index is -0.648. The molecule has 1 aromatic heterocycles. The van der Waals surface area contributed by atoms with Crippen LogP contribution in [0.25, 0.3) is 0 Å². The molecule has 1 aliphatic rings. The molecular weight excluding hydrogens is 168 g/mol. The SMILES string of the molecule is OC(Cc1ccoc1)C(O)C1CC1. The van der Waals surface area contributed by atoms with Gasteiger partial charge in [-0.3, -0.25) is 0 Å². The predicted molar refractivity (Wildman–Crippen MR) is 47.1 cm³/mol. The lowest BCUT2D eigenvalue weighted by Gasteiger charge is -2.15. The lowest BCUT2D eigenvalue weighted by molar-refractivity contribution is 0.00667. The largest absolute Gasteiger partial charge is 0.472 e. The Hall–Kier alpha value is -0.800. The van der Waals surface area contributed by atoms with Gasteiger partial charge in [0.05, 0.1) is 24.7 Å². The third-order valence-electron chi connectivity index (χ3n) is 2.52. The number of furan rings is 1. The first-order chi connectivity index (χ1) is 6.27. The molecule has 0 amide bonds. The van der Waals surface area contributed by atoms with E-state index >= 15 is 0 Å². The maximum Gasteiger partial charge on any atom is 0.0935 e. The van der Waals surface area contributed by atoms with Gasteiger partial charge in [0.1, 0.15) is 0 Å². The Morgan fingerprint density at radius 2 is 2.23 bits per heavy atom. The molecule has 1 fully saturated rings. The second kappa shape index (κ2) is 3.52. The van der Waals surface area contributed by atoms with Crippen molar-refractivity contribution >= 4 is 0 Å². The van der Waals surface area contributed by atoms with E-state index in [9.17, 15) is 10.2 Å². The smallest absolute Gasteiger partial charge is 0.0935 e. The summed E-state index contributed by atoms with van der Waals surface area (Å²) in [5.74, 6) is 0.321. The highest BCUT2D eigenvalue weighted by molar-refractivity contribution is 5.07. The summed E-state index contributed by atoms with van der Waals surface area (Å²) < 4.78 is 4.88. The van der Waals surface area contributed by atoms with Crippen LogP contribution in [0.1, 0.15) is 18.4 Å². The highest BCUT2D eigenvalue weighted by Crippen LogP contribution is 2.34. The monoisotopic (exact) mass is 182 g/mol. The fourth-order valence-electron chi connectivity index (χ4n) is 1.52. The van der Waals surface area contributed by atoms with E-state index in [4.69, 9.17) is 4.42 Å². The fraction of sp³-hybridized carbons (Fsp3) is 0.600. The molecule has 1 heterocycles. The molecule has 72 valence electrons. The van der Waals surface area contributed by atoms with Crippen LogP contribution in [0.2, 0.25) is 0 Å². The number of hydrogen-bond acceptors (Lipinski definition) is 3. The van der Waals surface area contributed by atoms with Gasteiger partial charge in [0.2, 0.25) is 0 Å². The first kappa shape index (κ1) is 8.78. The van der Waals surface area contributed by atoms with E-state index in [-0.39, 0.29) is 0 Å². The zero-order valence-electron chi connectivity index (χ0n) is 7.39. The lowest BCUT2D eigenvalue weighted by atomic mass is 10.0. The van der Waals surface area contributed by atoms with Crippen LogP contribution in [0.4, 0.5) is 0 Å². The Bertz CT molecular complexity index is 251. The first-order valence-corrected chi connectivity index (χ1v) is 4.64. The maximum absolute atomic E-state index is 9.61. The van der Waals surface area contributed by atoms with E-state index in [1.54, 1.807) is 12.5 Å². The summed E-state index contributed by atoms with van der Waals surface area (Å²) in [6.07, 6.45) is 4.54. The zero-order valence-corrected chi connectivity index (χ0v) is 7.39. The lowest BCUT2D eigenvalue weighted by Crippen LogP contribution is -2.29. The van der Waals surface area contributed by atoms with Crippen molar-refractivity contribution in [1.82, 2.24) is 0 Å². The van der Waals surface area contributed by atoms with Crippen LogP contribution in [0.5, 0.6) is 0 Å². The Labute approximate surface area is 77.0 Å². The molecule has 2 unspecified atom stereocenters. The predicted octanol–water partition coefficient (Wildman–Crippen LogP) is 0.954. The van der Waals surface area contributed by atoms with Gasteiger partial charge in [0.15, 0.2) is 0 Å². The highest BCUT2D eigenvalue weighted by atomic mass is 16.3. The zero-order chi connectivity index (χ0) is 9.26. The summed E-state index contributed by atoms with van der Waals surface area (Å²) in [7, 11) is 0. The van der Waals surface area contributed by atoms with E-state index in [1.807, 2.05) is 6.07 Å². The summed E-state index contributed by atoms with van der Waals surface area (Å²) in [4.78, 5) is 0. The number of aliphatic hydroxyl groups is 2. The average Bonchev–Trinajstić information content (AvgIpc) is 2.85. The quantitative estimate of drug-likeness (QED) is 0.729. The van der Waals surface area contributed by atoms with Gasteiger partial charge in [-0.1, -0.05) is 0 Å². The van der Waals surface area contributed by atoms with Gasteiger partial charge >= 0.3 is 0 Å². The van der Waals surface area contributed by atoms with Crippen molar-refractivity contribution in [2.24, 2.45) is 5.92 Å². The Balaban J connectivity index is 1.86. The third-order valence-corrected chi connectivity index (χ3v) is 2.52. The molecule has 0 saturated heterocycles. The van der Waals surface area contributed by atoms with Crippen LogP contribution in [0.3, 0.4) is 0 Å². The van der Waals surface area contributed by atoms with Crippen molar-refractivity contribution in [2.45, 2.75) is 31.5 Å². The molecule has 1 aromatic rings. The molecule has 2 rings (SSSR count). The van der Waals surface area contributed by atoms with Gasteiger partial charge in [-0.15, -0.1) is 0 Å². The molecule has 0 spiro atoms. The Morgan fingerprint density at radius 3 is 2.77 bits per heavy atom. The molecule has 0 aliphatic heterocycles. The number of rotatable bonds is 4. The molecule has 1 aliphatic carbocycles. The summed E-state index contributed by atoms with van der Waals surface area (Å²) in [6, 6.07) is 1.81. The van der Waals surface area contributed by atoms with E-state index < -0.39 is 12.2 Å². The number of aliphatic hydroxyl groups excluding tert-OH is 2. The normalized spacial score (nSPS) is 21.4. The second-order valence-corrected chi connectivity index (χ2v) is 3.73. The molecule has 0 bridgehead atoms.